The van der Waals surface area contributed by atoms with Crippen LogP contribution in [0.25, 0.3) is 0 Å². The van der Waals surface area contributed by atoms with Crippen LogP contribution in [0.2, 0.25) is 39.3 Å². The molecule has 0 unspecified atom stereocenters. The molecule has 0 saturated heterocycles. The van der Waals surface area contributed by atoms with Crippen LogP contribution in [0, 0.1) is 12.2 Å². The maximum absolute atomic E-state index is 3.36. The van der Waals surface area contributed by atoms with Crippen molar-refractivity contribution in [1.29, 1.82) is 0 Å². The Bertz CT molecular complexity index is 374. The Hall–Kier alpha value is 0.848. The molecule has 0 nitrogen and oxygen atoms in total. The van der Waals surface area contributed by atoms with E-state index in [9.17, 15) is 0 Å². The molecule has 0 aromatic rings. The van der Waals surface area contributed by atoms with Crippen molar-refractivity contribution in [1.82, 2.24) is 0 Å². The second-order valence-electron chi connectivity index (χ2n) is 6.89. The number of hydrogen-bond donors (Lipinski definition) is 0. The normalized spacial score (nSPS) is 15.0. The second kappa shape index (κ2) is 13.2. The van der Waals surface area contributed by atoms with E-state index in [1.807, 2.05) is 0 Å². The third-order valence-corrected chi connectivity index (χ3v) is 6.92. The van der Waals surface area contributed by atoms with Gasteiger partial charge in [0.05, 0.1) is 0 Å². The molecule has 129 valence electrons. The van der Waals surface area contributed by atoms with E-state index in [2.05, 4.69) is 75.7 Å². The van der Waals surface area contributed by atoms with Crippen LogP contribution in [0.5, 0.6) is 0 Å². The van der Waals surface area contributed by atoms with Gasteiger partial charge in [-0.1, -0.05) is 39.3 Å². The number of halogens is 3. The minimum atomic E-state index is -1.01. The van der Waals surface area contributed by atoms with Crippen LogP contribution in [0.4, 0.5) is 0 Å². The van der Waals surface area contributed by atoms with Crippen molar-refractivity contribution >= 4 is 16.1 Å². The summed E-state index contributed by atoms with van der Waals surface area (Å²) in [5, 5.41) is 2.98. The van der Waals surface area contributed by atoms with Gasteiger partial charge in [-0.2, -0.15) is 12.2 Å². The first kappa shape index (κ1) is 30.7. The fourth-order valence-corrected chi connectivity index (χ4v) is 4.34. The van der Waals surface area contributed by atoms with Crippen LogP contribution >= 0.6 is 0 Å². The number of hydrogen-bond acceptors (Lipinski definition) is 0. The molecule has 0 aliphatic heterocycles. The van der Waals surface area contributed by atoms with Crippen molar-refractivity contribution in [2.45, 2.75) is 52.1 Å². The average molecular weight is 432 g/mol. The van der Waals surface area contributed by atoms with Crippen LogP contribution in [0.3, 0.4) is 0 Å². The zero-order valence-electron chi connectivity index (χ0n) is 14.3. The van der Waals surface area contributed by atoms with E-state index in [4.69, 9.17) is 0 Å². The van der Waals surface area contributed by atoms with E-state index in [0.717, 1.165) is 12.8 Å². The summed E-state index contributed by atoms with van der Waals surface area (Å²) in [6.07, 6.45) is 17.6. The van der Waals surface area contributed by atoms with Gasteiger partial charge in [0.15, 0.2) is 0 Å². The Morgan fingerprint density at radius 2 is 0.955 bits per heavy atom. The molecular formula is C16H26Cl3Si2V-5. The molecule has 1 radical (unpaired) electrons. The van der Waals surface area contributed by atoms with E-state index in [1.165, 1.54) is 10.4 Å². The summed E-state index contributed by atoms with van der Waals surface area (Å²) in [4.78, 5) is 0. The van der Waals surface area contributed by atoms with Gasteiger partial charge >= 0.3 is 0 Å². The standard InChI is InChI=1S/2C8H13Si.3ClH.V/c2*1-9(2,3)8-6-4-5-7-8;;;;/h2*4,6H,5H2,1-3H3;3*1H;/q2*-1;;;;/p-3. The van der Waals surface area contributed by atoms with E-state index < -0.39 is 16.1 Å². The Labute approximate surface area is 170 Å². The summed E-state index contributed by atoms with van der Waals surface area (Å²) in [5.41, 5.74) is 0. The summed E-state index contributed by atoms with van der Waals surface area (Å²) >= 11 is 0. The molecule has 0 heterocycles. The molecule has 0 N–H and O–H groups in total. The maximum Gasteiger partial charge on any atom is 0.0393 e. The molecule has 0 amide bonds. The van der Waals surface area contributed by atoms with Crippen molar-refractivity contribution in [2.24, 2.45) is 0 Å². The molecule has 0 aromatic carbocycles. The van der Waals surface area contributed by atoms with E-state index in [-0.39, 0.29) is 55.8 Å². The van der Waals surface area contributed by atoms with Gasteiger partial charge < -0.3 is 37.2 Å². The molecule has 0 spiro atoms. The summed E-state index contributed by atoms with van der Waals surface area (Å²) in [6.45, 7) is 14.1. The summed E-state index contributed by atoms with van der Waals surface area (Å²) in [6, 6.07) is 0. The smallest absolute Gasteiger partial charge is 0.0393 e. The molecule has 0 aromatic heterocycles. The minimum Gasteiger partial charge on any atom is -1.00 e. The first-order valence-electron chi connectivity index (χ1n) is 6.77. The fraction of sp³-hybridized carbons (Fsp3) is 0.500. The van der Waals surface area contributed by atoms with Crippen molar-refractivity contribution in [3.05, 3.63) is 46.8 Å². The predicted octanol–water partition coefficient (Wildman–Crippen LogP) is -3.88. The Morgan fingerprint density at radius 1 is 0.682 bits per heavy atom. The van der Waals surface area contributed by atoms with E-state index in [1.54, 1.807) is 0 Å². The van der Waals surface area contributed by atoms with Crippen molar-refractivity contribution in [2.75, 3.05) is 0 Å². The van der Waals surface area contributed by atoms with Crippen molar-refractivity contribution < 1.29 is 55.8 Å². The zero-order valence-corrected chi connectivity index (χ0v) is 20.0. The third-order valence-electron chi connectivity index (χ3n) is 3.01. The van der Waals surface area contributed by atoms with Gasteiger partial charge in [0.25, 0.3) is 0 Å². The van der Waals surface area contributed by atoms with Crippen LogP contribution in [0.1, 0.15) is 12.8 Å². The van der Waals surface area contributed by atoms with E-state index >= 15 is 0 Å². The Kier molecular flexibility index (Phi) is 18.4. The zero-order chi connectivity index (χ0) is 13.8. The van der Waals surface area contributed by atoms with Crippen molar-refractivity contribution in [3.8, 4) is 0 Å². The van der Waals surface area contributed by atoms with Crippen LogP contribution in [0.15, 0.2) is 34.7 Å². The van der Waals surface area contributed by atoms with Crippen LogP contribution < -0.4 is 37.2 Å². The molecule has 0 atom stereocenters. The Balaban J connectivity index is -0.000000125. The van der Waals surface area contributed by atoms with Gasteiger partial charge in [0.2, 0.25) is 0 Å². The molecule has 0 saturated carbocycles. The minimum absolute atomic E-state index is 0. The van der Waals surface area contributed by atoms with Crippen molar-refractivity contribution in [3.63, 3.8) is 0 Å². The van der Waals surface area contributed by atoms with Crippen LogP contribution in [-0.4, -0.2) is 16.1 Å². The maximum atomic E-state index is 3.36. The quantitative estimate of drug-likeness (QED) is 0.310. The van der Waals surface area contributed by atoms with Gasteiger partial charge in [-0.15, -0.1) is 12.8 Å². The third kappa shape index (κ3) is 11.4. The largest absolute Gasteiger partial charge is 1.00 e. The molecule has 22 heavy (non-hydrogen) atoms. The average Bonchev–Trinajstić information content (AvgIpc) is 2.91. The molecule has 2 aliphatic carbocycles. The molecule has 0 bridgehead atoms. The number of rotatable bonds is 2. The molecular weight excluding hydrogens is 406 g/mol. The Morgan fingerprint density at radius 3 is 1.05 bits per heavy atom. The van der Waals surface area contributed by atoms with Gasteiger partial charge in [-0.05, 0) is 0 Å². The fourth-order valence-electron chi connectivity index (χ4n) is 1.84. The summed E-state index contributed by atoms with van der Waals surface area (Å²) < 4.78 is 0. The van der Waals surface area contributed by atoms with E-state index in [0.29, 0.717) is 0 Å². The number of allylic oxidation sites excluding steroid dienone is 8. The van der Waals surface area contributed by atoms with Crippen LogP contribution in [-0.2, 0) is 18.6 Å². The van der Waals surface area contributed by atoms with Gasteiger partial charge in [0.1, 0.15) is 0 Å². The first-order chi connectivity index (χ1) is 8.21. The monoisotopic (exact) mass is 430 g/mol. The summed E-state index contributed by atoms with van der Waals surface area (Å²) in [5.74, 6) is 0. The molecule has 2 aliphatic rings. The summed E-state index contributed by atoms with van der Waals surface area (Å²) in [7, 11) is -2.01. The molecule has 0 fully saturated rings. The topological polar surface area (TPSA) is 0 Å². The van der Waals surface area contributed by atoms with Gasteiger partial charge in [0, 0.05) is 34.7 Å². The van der Waals surface area contributed by atoms with Gasteiger partial charge in [-0.25, -0.2) is 22.5 Å². The molecule has 6 heteroatoms. The van der Waals surface area contributed by atoms with Gasteiger partial charge in [-0.3, -0.25) is 12.2 Å². The predicted molar refractivity (Wildman–Crippen MR) is 87.7 cm³/mol. The first-order valence-corrected chi connectivity index (χ1v) is 13.8. The second-order valence-corrected chi connectivity index (χ2v) is 17.0. The molecule has 2 rings (SSSR count). The SMILES string of the molecule is C[Si](C)(C)C1=[C-]CC=C1.C[Si](C)(C)C1=[C-]CC=C1.[Cl-].[Cl-].[Cl-].[V].